The number of piperidine rings is 1. The quantitative estimate of drug-likeness (QED) is 0.311. The number of ether oxygens (including phenoxy) is 2. The largest absolute Gasteiger partial charge is 0.449 e. The highest BCUT2D eigenvalue weighted by molar-refractivity contribution is 5.95. The molecule has 0 unspecified atom stereocenters. The summed E-state index contributed by atoms with van der Waals surface area (Å²) in [5, 5.41) is 14.2. The van der Waals surface area contributed by atoms with E-state index in [1.165, 1.54) is 0 Å². The normalized spacial score (nSPS) is 19.3. The summed E-state index contributed by atoms with van der Waals surface area (Å²) < 4.78 is 10.9. The van der Waals surface area contributed by atoms with E-state index in [1.807, 2.05) is 11.0 Å². The van der Waals surface area contributed by atoms with Crippen LogP contribution in [0.3, 0.4) is 0 Å². The Morgan fingerprint density at radius 1 is 1.21 bits per heavy atom. The van der Waals surface area contributed by atoms with Gasteiger partial charge in [-0.2, -0.15) is 5.26 Å². The van der Waals surface area contributed by atoms with Crippen LogP contribution >= 0.6 is 0 Å². The van der Waals surface area contributed by atoms with Crippen LogP contribution in [-0.2, 0) is 14.3 Å². The Balaban J connectivity index is 2.04. The zero-order valence-corrected chi connectivity index (χ0v) is 21.3. The fourth-order valence-electron chi connectivity index (χ4n) is 3.98. The van der Waals surface area contributed by atoms with Gasteiger partial charge in [-0.3, -0.25) is 10.1 Å². The molecule has 0 aromatic heterocycles. The van der Waals surface area contributed by atoms with Gasteiger partial charge in [0, 0.05) is 13.1 Å². The van der Waals surface area contributed by atoms with Crippen LogP contribution in [0.2, 0.25) is 0 Å². The predicted octanol–water partition coefficient (Wildman–Crippen LogP) is 1.97. The lowest BCUT2D eigenvalue weighted by Crippen LogP contribution is -2.50. The summed E-state index contributed by atoms with van der Waals surface area (Å²) in [6.45, 7) is 10.9. The number of hydrogen-bond acceptors (Lipinski definition) is 7. The summed E-state index contributed by atoms with van der Waals surface area (Å²) in [5.74, 6) is 0.564. The number of carbonyl (C=O) groups is 2. The van der Waals surface area contributed by atoms with Crippen molar-refractivity contribution in [1.82, 2.24) is 20.4 Å². The number of nitrogens with zero attached hydrogens (tertiary/aromatic N) is 4. The lowest BCUT2D eigenvalue weighted by Gasteiger charge is -2.31. The highest BCUT2D eigenvalue weighted by atomic mass is 16.5. The zero-order chi connectivity index (χ0) is 25.0. The molecule has 0 saturated carbocycles. The van der Waals surface area contributed by atoms with Gasteiger partial charge in [-0.15, -0.1) is 0 Å². The molecule has 2 N–H and O–H groups in total. The first kappa shape index (κ1) is 27.9. The number of alkyl carbamates (subject to hydrolysis) is 1. The van der Waals surface area contributed by atoms with E-state index in [4.69, 9.17) is 14.7 Å². The van der Waals surface area contributed by atoms with Crippen molar-refractivity contribution < 1.29 is 19.1 Å². The van der Waals surface area contributed by atoms with Gasteiger partial charge >= 0.3 is 6.09 Å². The van der Waals surface area contributed by atoms with Crippen molar-refractivity contribution in [3.63, 3.8) is 0 Å². The molecule has 0 spiro atoms. The van der Waals surface area contributed by atoms with Gasteiger partial charge in [0.1, 0.15) is 12.6 Å². The van der Waals surface area contributed by atoms with Crippen molar-refractivity contribution in [2.45, 2.75) is 58.9 Å². The van der Waals surface area contributed by atoms with E-state index in [1.54, 1.807) is 0 Å². The molecule has 2 amide bonds. The number of rotatable bonds is 8. The van der Waals surface area contributed by atoms with E-state index in [0.717, 1.165) is 38.8 Å². The predicted molar refractivity (Wildman–Crippen MR) is 130 cm³/mol. The van der Waals surface area contributed by atoms with Crippen LogP contribution in [0.5, 0.6) is 0 Å². The van der Waals surface area contributed by atoms with Gasteiger partial charge in [0.2, 0.25) is 11.9 Å². The number of morpholine rings is 1. The molecule has 0 aliphatic carbocycles. The van der Waals surface area contributed by atoms with E-state index in [2.05, 4.69) is 48.3 Å². The number of amides is 2. The average Bonchev–Trinajstić information content (AvgIpc) is 2.80. The standard InChI is InChI=1S/C24H42N6O4/c1-24(2,3)9-5-20(21(31)26-11-10-25)27-22(30-14-17-33-18-15-30)28-23(32)34-16-8-19-6-12-29(4)13-7-19/h19-20H,5-9,11-18H2,1-4H3,(H,26,31)(H,27,28,32)/t20-/m0/s1. The molecule has 2 heterocycles. The van der Waals surface area contributed by atoms with Crippen LogP contribution in [0.1, 0.15) is 52.9 Å². The number of likely N-dealkylation sites (tertiary alicyclic amines) is 1. The second kappa shape index (κ2) is 14.1. The maximum atomic E-state index is 12.7. The van der Waals surface area contributed by atoms with Crippen molar-refractivity contribution in [2.24, 2.45) is 16.3 Å². The molecule has 2 rings (SSSR count). The molecule has 0 bridgehead atoms. The third-order valence-electron chi connectivity index (χ3n) is 6.21. The highest BCUT2D eigenvalue weighted by Gasteiger charge is 2.25. The van der Waals surface area contributed by atoms with Gasteiger partial charge in [0.05, 0.1) is 25.9 Å². The van der Waals surface area contributed by atoms with E-state index in [0.29, 0.717) is 51.2 Å². The monoisotopic (exact) mass is 478 g/mol. The van der Waals surface area contributed by atoms with E-state index in [9.17, 15) is 9.59 Å². The van der Waals surface area contributed by atoms with Gasteiger partial charge in [-0.25, -0.2) is 9.79 Å². The van der Waals surface area contributed by atoms with Crippen LogP contribution in [0.15, 0.2) is 4.99 Å². The van der Waals surface area contributed by atoms with Crippen molar-refractivity contribution in [3.05, 3.63) is 0 Å². The van der Waals surface area contributed by atoms with Crippen LogP contribution in [0, 0.1) is 22.7 Å². The summed E-state index contributed by atoms with van der Waals surface area (Å²) in [7, 11) is 2.13. The first-order valence-corrected chi connectivity index (χ1v) is 12.4. The van der Waals surface area contributed by atoms with Crippen LogP contribution < -0.4 is 10.6 Å². The van der Waals surface area contributed by atoms with Gasteiger partial charge in [0.15, 0.2) is 0 Å². The van der Waals surface area contributed by atoms with Crippen molar-refractivity contribution >= 4 is 18.0 Å². The zero-order valence-electron chi connectivity index (χ0n) is 21.3. The minimum absolute atomic E-state index is 0.0166. The summed E-state index contributed by atoms with van der Waals surface area (Å²) >= 11 is 0. The summed E-state index contributed by atoms with van der Waals surface area (Å²) in [6, 6.07) is 1.21. The van der Waals surface area contributed by atoms with Gasteiger partial charge in [-0.05, 0) is 63.6 Å². The van der Waals surface area contributed by atoms with Gasteiger partial charge in [0.25, 0.3) is 0 Å². The number of aliphatic imine (C=N–C) groups is 1. The summed E-state index contributed by atoms with van der Waals surface area (Å²) in [5.41, 5.74) is 0.0166. The molecule has 2 aliphatic heterocycles. The molecule has 10 nitrogen and oxygen atoms in total. The first-order valence-electron chi connectivity index (χ1n) is 12.4. The second-order valence-electron chi connectivity index (χ2n) is 10.3. The number of nitriles is 1. The first-order chi connectivity index (χ1) is 16.2. The van der Waals surface area contributed by atoms with Gasteiger partial charge < -0.3 is 24.6 Å². The molecule has 0 aromatic rings. The third kappa shape index (κ3) is 10.7. The fraction of sp³-hybridized carbons (Fsp3) is 0.833. The Bertz CT molecular complexity index is 716. The molecule has 2 saturated heterocycles. The number of carbonyl (C=O) groups excluding carboxylic acids is 2. The van der Waals surface area contributed by atoms with E-state index in [-0.39, 0.29) is 17.9 Å². The van der Waals surface area contributed by atoms with Crippen molar-refractivity contribution in [2.75, 3.05) is 59.6 Å². The fourth-order valence-corrected chi connectivity index (χ4v) is 3.98. The van der Waals surface area contributed by atoms with Crippen LogP contribution in [0.4, 0.5) is 4.79 Å². The second-order valence-corrected chi connectivity index (χ2v) is 10.3. The smallest absolute Gasteiger partial charge is 0.413 e. The number of hydrogen-bond donors (Lipinski definition) is 2. The average molecular weight is 479 g/mol. The molecular formula is C24H42N6O4. The molecule has 0 radical (unpaired) electrons. The molecule has 2 aliphatic rings. The molecule has 1 atom stereocenters. The number of nitrogens with one attached hydrogen (secondary N) is 2. The minimum Gasteiger partial charge on any atom is -0.449 e. The Morgan fingerprint density at radius 3 is 2.50 bits per heavy atom. The maximum Gasteiger partial charge on any atom is 0.413 e. The molecule has 2 fully saturated rings. The topological polar surface area (TPSA) is 119 Å². The molecule has 10 heteroatoms. The molecule has 34 heavy (non-hydrogen) atoms. The highest BCUT2D eigenvalue weighted by Crippen LogP contribution is 2.23. The Morgan fingerprint density at radius 2 is 1.88 bits per heavy atom. The molecule has 192 valence electrons. The van der Waals surface area contributed by atoms with Crippen molar-refractivity contribution in [3.8, 4) is 6.07 Å². The lowest BCUT2D eigenvalue weighted by atomic mass is 9.88. The Hall–Kier alpha value is -2.38. The van der Waals surface area contributed by atoms with Crippen LogP contribution in [0.25, 0.3) is 0 Å². The summed E-state index contributed by atoms with van der Waals surface area (Å²) in [4.78, 5) is 34.2. The Kier molecular flexibility index (Phi) is 11.6. The minimum atomic E-state index is -0.718. The third-order valence-corrected chi connectivity index (χ3v) is 6.21. The van der Waals surface area contributed by atoms with E-state index >= 15 is 0 Å². The molecule has 0 aromatic carbocycles. The van der Waals surface area contributed by atoms with E-state index < -0.39 is 12.1 Å². The lowest BCUT2D eigenvalue weighted by molar-refractivity contribution is -0.122. The van der Waals surface area contributed by atoms with Crippen molar-refractivity contribution in [1.29, 1.82) is 5.26 Å². The Labute approximate surface area is 204 Å². The maximum absolute atomic E-state index is 12.7. The number of guanidine groups is 1. The summed E-state index contributed by atoms with van der Waals surface area (Å²) in [6.07, 6.45) is 3.78. The molecular weight excluding hydrogens is 436 g/mol. The van der Waals surface area contributed by atoms with Gasteiger partial charge in [-0.1, -0.05) is 20.8 Å². The van der Waals surface area contributed by atoms with Crippen LogP contribution in [-0.4, -0.2) is 93.4 Å². The SMILES string of the molecule is CN1CCC(CCOC(=O)NC(=N[C@@H](CCC(C)(C)C)C(=O)NCC#N)N2CCOCC2)CC1.